The lowest BCUT2D eigenvalue weighted by Gasteiger charge is -2.29. The van der Waals surface area contributed by atoms with Gasteiger partial charge in [-0.3, -0.25) is 4.79 Å². The van der Waals surface area contributed by atoms with E-state index in [0.717, 1.165) is 12.8 Å². The van der Waals surface area contributed by atoms with Crippen LogP contribution in [0.15, 0.2) is 34.1 Å². The number of aromatic nitrogens is 3. The molecule has 4 N–H and O–H groups in total. The highest BCUT2D eigenvalue weighted by Crippen LogP contribution is 2.29. The van der Waals surface area contributed by atoms with Crippen molar-refractivity contribution in [1.29, 1.82) is 0 Å². The van der Waals surface area contributed by atoms with Crippen molar-refractivity contribution in [1.82, 2.24) is 20.0 Å². The average Bonchev–Trinajstić information content (AvgIpc) is 3.22. The number of rotatable bonds is 6. The predicted molar refractivity (Wildman–Crippen MR) is 101 cm³/mol. The smallest absolute Gasteiger partial charge is 0.333 e. The molecule has 1 amide bonds. The minimum absolute atomic E-state index is 0.0132. The van der Waals surface area contributed by atoms with E-state index < -0.39 is 23.8 Å². The first-order valence-electron chi connectivity index (χ1n) is 9.27. The van der Waals surface area contributed by atoms with E-state index in [4.69, 9.17) is 10.3 Å². The van der Waals surface area contributed by atoms with Gasteiger partial charge in [-0.1, -0.05) is 12.1 Å². The number of amides is 1. The van der Waals surface area contributed by atoms with E-state index in [-0.39, 0.29) is 23.0 Å². The summed E-state index contributed by atoms with van der Waals surface area (Å²) < 4.78 is 5.25. The van der Waals surface area contributed by atoms with Crippen molar-refractivity contribution < 1.29 is 24.3 Å². The van der Waals surface area contributed by atoms with Gasteiger partial charge in [0.2, 0.25) is 17.6 Å². The second-order valence-electron chi connectivity index (χ2n) is 7.01. The maximum atomic E-state index is 12.9. The molecule has 154 valence electrons. The lowest BCUT2D eigenvalue weighted by atomic mass is 9.94. The summed E-state index contributed by atoms with van der Waals surface area (Å²) >= 11 is 0. The Bertz CT molecular complexity index is 937. The summed E-state index contributed by atoms with van der Waals surface area (Å²) in [6.45, 7) is 1.69. The van der Waals surface area contributed by atoms with Gasteiger partial charge in [0, 0.05) is 12.7 Å². The summed E-state index contributed by atoms with van der Waals surface area (Å²) in [6.07, 6.45) is 3.81. The number of carbonyl (C=O) groups excluding carboxylic acids is 1. The molecule has 2 heterocycles. The Labute approximate surface area is 167 Å². The number of likely N-dealkylation sites (N-methyl/N-ethyl adjacent to an activating group) is 1. The molecule has 2 aromatic rings. The molecule has 0 aliphatic heterocycles. The fourth-order valence-corrected chi connectivity index (χ4v) is 3.26. The van der Waals surface area contributed by atoms with Crippen LogP contribution >= 0.6 is 0 Å². The van der Waals surface area contributed by atoms with Crippen LogP contribution in [0.2, 0.25) is 0 Å². The Morgan fingerprint density at radius 1 is 1.28 bits per heavy atom. The lowest BCUT2D eigenvalue weighted by molar-refractivity contribution is -0.133. The zero-order chi connectivity index (χ0) is 21.1. The quantitative estimate of drug-likeness (QED) is 0.654. The summed E-state index contributed by atoms with van der Waals surface area (Å²) in [4.78, 5) is 34.0. The van der Waals surface area contributed by atoms with Gasteiger partial charge in [-0.2, -0.15) is 4.98 Å². The maximum absolute atomic E-state index is 12.9. The number of hydrogen-bond acceptors (Lipinski definition) is 8. The van der Waals surface area contributed by atoms with E-state index in [0.29, 0.717) is 24.2 Å². The Hall–Kier alpha value is -3.27. The van der Waals surface area contributed by atoms with Crippen molar-refractivity contribution in [2.45, 2.75) is 44.6 Å². The fourth-order valence-electron chi connectivity index (χ4n) is 3.26. The Balaban J connectivity index is 1.77. The van der Waals surface area contributed by atoms with Crippen LogP contribution in [0.1, 0.15) is 44.4 Å². The zero-order valence-electron chi connectivity index (χ0n) is 16.2. The van der Waals surface area contributed by atoms with Gasteiger partial charge in [-0.15, -0.1) is 0 Å². The molecule has 1 aliphatic carbocycles. The van der Waals surface area contributed by atoms with Gasteiger partial charge >= 0.3 is 5.97 Å². The number of nitrogens with zero attached hydrogens (tertiary/aromatic N) is 4. The van der Waals surface area contributed by atoms with Crippen LogP contribution in [-0.4, -0.2) is 55.2 Å². The number of allylic oxidation sites excluding steroid dienone is 1. The molecule has 0 bridgehead atoms. The van der Waals surface area contributed by atoms with Gasteiger partial charge in [-0.25, -0.2) is 9.78 Å². The molecular weight excluding hydrogens is 378 g/mol. The normalized spacial score (nSPS) is 16.4. The van der Waals surface area contributed by atoms with E-state index in [9.17, 15) is 19.8 Å². The highest BCUT2D eigenvalue weighted by Gasteiger charge is 2.32. The van der Waals surface area contributed by atoms with E-state index in [1.54, 1.807) is 6.92 Å². The SMILES string of the molecule is CC(c1nc(-c2ccc(O)cn2)no1)C(N)C(=O)N(C)C1=C(C(=O)O)CCCC1. The summed E-state index contributed by atoms with van der Waals surface area (Å²) in [5, 5.41) is 22.6. The summed E-state index contributed by atoms with van der Waals surface area (Å²) in [5.74, 6) is -1.64. The third-order valence-electron chi connectivity index (χ3n) is 5.06. The molecule has 0 spiro atoms. The van der Waals surface area contributed by atoms with Gasteiger partial charge < -0.3 is 25.4 Å². The van der Waals surface area contributed by atoms with Crippen molar-refractivity contribution in [3.8, 4) is 17.3 Å². The minimum atomic E-state index is -1.01. The molecule has 10 nitrogen and oxygen atoms in total. The molecule has 3 rings (SSSR count). The molecular formula is C19H23N5O5. The van der Waals surface area contributed by atoms with Crippen LogP contribution in [0, 0.1) is 0 Å². The molecule has 0 fully saturated rings. The monoisotopic (exact) mass is 401 g/mol. The van der Waals surface area contributed by atoms with Gasteiger partial charge in [0.1, 0.15) is 11.4 Å². The second kappa shape index (κ2) is 8.39. The van der Waals surface area contributed by atoms with Crippen LogP contribution in [0.5, 0.6) is 5.75 Å². The molecule has 0 radical (unpaired) electrons. The summed E-state index contributed by atoms with van der Waals surface area (Å²) in [7, 11) is 1.54. The lowest BCUT2D eigenvalue weighted by Crippen LogP contribution is -2.45. The largest absolute Gasteiger partial charge is 0.506 e. The number of carbonyl (C=O) groups is 2. The fraction of sp³-hybridized carbons (Fsp3) is 0.421. The Morgan fingerprint density at radius 2 is 2.00 bits per heavy atom. The first-order chi connectivity index (χ1) is 13.8. The number of nitrogens with two attached hydrogens (primary N) is 1. The molecule has 0 saturated carbocycles. The number of pyridine rings is 1. The van der Waals surface area contributed by atoms with Gasteiger partial charge in [0.25, 0.3) is 0 Å². The Morgan fingerprint density at radius 3 is 2.66 bits per heavy atom. The van der Waals surface area contributed by atoms with Crippen LogP contribution < -0.4 is 5.73 Å². The summed E-state index contributed by atoms with van der Waals surface area (Å²) in [5.41, 5.74) is 7.31. The molecule has 10 heteroatoms. The van der Waals surface area contributed by atoms with Crippen molar-refractivity contribution >= 4 is 11.9 Å². The first-order valence-corrected chi connectivity index (χ1v) is 9.27. The molecule has 2 atom stereocenters. The van der Waals surface area contributed by atoms with Crippen molar-refractivity contribution in [2.24, 2.45) is 5.73 Å². The number of aliphatic carboxylic acids is 1. The van der Waals surface area contributed by atoms with Crippen LogP contribution in [0.3, 0.4) is 0 Å². The molecule has 0 saturated heterocycles. The third-order valence-corrected chi connectivity index (χ3v) is 5.06. The molecule has 2 unspecified atom stereocenters. The van der Waals surface area contributed by atoms with Gasteiger partial charge in [0.15, 0.2) is 0 Å². The van der Waals surface area contributed by atoms with Gasteiger partial charge in [-0.05, 0) is 37.8 Å². The molecule has 2 aromatic heterocycles. The third kappa shape index (κ3) is 4.27. The second-order valence-corrected chi connectivity index (χ2v) is 7.01. The predicted octanol–water partition coefficient (Wildman–Crippen LogP) is 1.64. The van der Waals surface area contributed by atoms with E-state index in [1.165, 1.54) is 30.3 Å². The van der Waals surface area contributed by atoms with Crippen LogP contribution in [-0.2, 0) is 9.59 Å². The minimum Gasteiger partial charge on any atom is -0.506 e. The zero-order valence-corrected chi connectivity index (χ0v) is 16.2. The average molecular weight is 401 g/mol. The van der Waals surface area contributed by atoms with Crippen molar-refractivity contribution in [3.05, 3.63) is 35.5 Å². The standard InChI is InChI=1S/C19H23N5O5/c1-10(17-22-16(23-29-17)13-8-7-11(25)9-21-13)15(20)18(26)24(2)14-6-4-3-5-12(14)19(27)28/h7-10,15,25H,3-6,20H2,1-2H3,(H,27,28). The van der Waals surface area contributed by atoms with Gasteiger partial charge in [0.05, 0.1) is 23.7 Å². The maximum Gasteiger partial charge on any atom is 0.333 e. The highest BCUT2D eigenvalue weighted by atomic mass is 16.5. The van der Waals surface area contributed by atoms with Crippen LogP contribution in [0.4, 0.5) is 0 Å². The number of carboxylic acid groups (broad SMARTS) is 1. The first kappa shape index (κ1) is 20.5. The number of aromatic hydroxyl groups is 1. The van der Waals surface area contributed by atoms with E-state index in [1.807, 2.05) is 0 Å². The number of carboxylic acids is 1. The Kier molecular flexibility index (Phi) is 5.92. The highest BCUT2D eigenvalue weighted by molar-refractivity contribution is 5.90. The summed E-state index contributed by atoms with van der Waals surface area (Å²) in [6, 6.07) is 1.99. The van der Waals surface area contributed by atoms with Crippen molar-refractivity contribution in [3.63, 3.8) is 0 Å². The topological polar surface area (TPSA) is 156 Å². The van der Waals surface area contributed by atoms with Crippen LogP contribution in [0.25, 0.3) is 11.5 Å². The number of hydrogen-bond donors (Lipinski definition) is 3. The molecule has 1 aliphatic rings. The van der Waals surface area contributed by atoms with Crippen molar-refractivity contribution in [2.75, 3.05) is 7.05 Å². The van der Waals surface area contributed by atoms with E-state index in [2.05, 4.69) is 15.1 Å². The molecule has 29 heavy (non-hydrogen) atoms. The molecule has 0 aromatic carbocycles. The van der Waals surface area contributed by atoms with E-state index >= 15 is 0 Å².